The number of carbonyl (C=O) groups is 1. The smallest absolute Gasteiger partial charge is 0.339 e. The van der Waals surface area contributed by atoms with Crippen LogP contribution >= 0.6 is 0 Å². The lowest BCUT2D eigenvalue weighted by Gasteiger charge is -2.31. The van der Waals surface area contributed by atoms with Gasteiger partial charge in [-0.3, -0.25) is 4.90 Å². The molecule has 3 aromatic rings. The average Bonchev–Trinajstić information content (AvgIpc) is 3.23. The van der Waals surface area contributed by atoms with Gasteiger partial charge in [0.1, 0.15) is 24.1 Å². The van der Waals surface area contributed by atoms with Crippen molar-refractivity contribution in [2.24, 2.45) is 0 Å². The molecule has 1 saturated heterocycles. The fraction of sp³-hybridized carbons (Fsp3) is 0.370. The molecule has 1 aliphatic heterocycles. The summed E-state index contributed by atoms with van der Waals surface area (Å²) in [5, 5.41) is 10.6. The maximum absolute atomic E-state index is 11.3. The molecule has 1 aromatic heterocycles. The minimum absolute atomic E-state index is 0.0485. The van der Waals surface area contributed by atoms with Crippen molar-refractivity contribution in [2.45, 2.75) is 31.9 Å². The number of piperidine rings is 1. The largest absolute Gasteiger partial charge is 0.491 e. The number of aromatic nitrogens is 1. The Balaban J connectivity index is 1.36. The number of aromatic carboxylic acids is 1. The van der Waals surface area contributed by atoms with Crippen molar-refractivity contribution in [1.29, 1.82) is 0 Å². The Morgan fingerprint density at radius 2 is 1.91 bits per heavy atom. The first-order valence-electron chi connectivity index (χ1n) is 11.6. The van der Waals surface area contributed by atoms with E-state index in [0.717, 1.165) is 32.5 Å². The van der Waals surface area contributed by atoms with Crippen molar-refractivity contribution in [1.82, 2.24) is 9.47 Å². The van der Waals surface area contributed by atoms with Crippen LogP contribution in [0.5, 0.6) is 5.75 Å². The highest BCUT2D eigenvalue weighted by Crippen LogP contribution is 2.35. The van der Waals surface area contributed by atoms with Crippen molar-refractivity contribution >= 4 is 16.9 Å². The molecule has 1 N–H and O–H groups in total. The van der Waals surface area contributed by atoms with Gasteiger partial charge in [-0.15, -0.1) is 6.58 Å². The summed E-state index contributed by atoms with van der Waals surface area (Å²) in [4.78, 5) is 13.7. The predicted molar refractivity (Wildman–Crippen MR) is 130 cm³/mol. The fourth-order valence-corrected chi connectivity index (χ4v) is 4.67. The third-order valence-electron chi connectivity index (χ3n) is 6.43. The summed E-state index contributed by atoms with van der Waals surface area (Å²) in [5.41, 5.74) is 2.81. The van der Waals surface area contributed by atoms with E-state index in [9.17, 15) is 9.90 Å². The third kappa shape index (κ3) is 5.29. The van der Waals surface area contributed by atoms with Crippen LogP contribution in [0.1, 0.15) is 47.8 Å². The SMILES string of the molecule is C=CCOC(C)n1cc(C2CCN(CCOc3ccccc3C(=O)O)CC2)c2ccccc21. The molecule has 174 valence electrons. The van der Waals surface area contributed by atoms with Gasteiger partial charge < -0.3 is 19.1 Å². The molecule has 0 aliphatic carbocycles. The number of likely N-dealkylation sites (tertiary alicyclic amines) is 1. The molecule has 6 nitrogen and oxygen atoms in total. The zero-order valence-electron chi connectivity index (χ0n) is 19.2. The first-order chi connectivity index (χ1) is 16.1. The molecule has 33 heavy (non-hydrogen) atoms. The normalized spacial score (nSPS) is 16.0. The van der Waals surface area contributed by atoms with Gasteiger partial charge in [0.05, 0.1) is 12.1 Å². The Morgan fingerprint density at radius 1 is 1.18 bits per heavy atom. The number of carboxylic acids is 1. The molecule has 2 heterocycles. The standard InChI is InChI=1S/C27H32N2O4/c1-3-17-32-20(2)29-19-24(22-8-4-6-10-25(22)29)21-12-14-28(15-13-21)16-18-33-26-11-7-5-9-23(26)27(30)31/h3-11,19-21H,1,12-18H2,2H3,(H,30,31). The van der Waals surface area contributed by atoms with Gasteiger partial charge >= 0.3 is 5.97 Å². The van der Waals surface area contributed by atoms with Gasteiger partial charge in [-0.05, 0) is 62.5 Å². The van der Waals surface area contributed by atoms with Crippen LogP contribution in [0.25, 0.3) is 10.9 Å². The van der Waals surface area contributed by atoms with Crippen LogP contribution in [0.3, 0.4) is 0 Å². The first-order valence-corrected chi connectivity index (χ1v) is 11.6. The van der Waals surface area contributed by atoms with Crippen LogP contribution in [-0.2, 0) is 4.74 Å². The quantitative estimate of drug-likeness (QED) is 0.425. The summed E-state index contributed by atoms with van der Waals surface area (Å²) in [6.45, 7) is 9.61. The molecule has 4 rings (SSSR count). The molecule has 0 saturated carbocycles. The summed E-state index contributed by atoms with van der Waals surface area (Å²) in [6.07, 6.45) is 6.17. The topological polar surface area (TPSA) is 63.9 Å². The average molecular weight is 449 g/mol. The molecule has 1 aliphatic rings. The fourth-order valence-electron chi connectivity index (χ4n) is 4.67. The maximum Gasteiger partial charge on any atom is 0.339 e. The molecule has 1 atom stereocenters. The predicted octanol–water partition coefficient (Wildman–Crippen LogP) is 5.32. The van der Waals surface area contributed by atoms with Crippen molar-refractivity contribution in [2.75, 3.05) is 32.8 Å². The Bertz CT molecular complexity index is 1100. The summed E-state index contributed by atoms with van der Waals surface area (Å²) < 4.78 is 13.9. The zero-order chi connectivity index (χ0) is 23.2. The Morgan fingerprint density at radius 3 is 2.67 bits per heavy atom. The molecular weight excluding hydrogens is 416 g/mol. The van der Waals surface area contributed by atoms with Crippen LogP contribution in [0.2, 0.25) is 0 Å². The van der Waals surface area contributed by atoms with E-state index in [0.29, 0.717) is 24.9 Å². The maximum atomic E-state index is 11.3. The molecule has 0 spiro atoms. The van der Waals surface area contributed by atoms with Gasteiger partial charge in [0.2, 0.25) is 0 Å². The van der Waals surface area contributed by atoms with Gasteiger partial charge in [0.25, 0.3) is 0 Å². The Kier molecular flexibility index (Phi) is 7.47. The van der Waals surface area contributed by atoms with Crippen LogP contribution in [0.4, 0.5) is 0 Å². The number of carboxylic acid groups (broad SMARTS) is 1. The van der Waals surface area contributed by atoms with E-state index >= 15 is 0 Å². The number of benzene rings is 2. The second kappa shape index (κ2) is 10.7. The second-order valence-electron chi connectivity index (χ2n) is 8.50. The van der Waals surface area contributed by atoms with Gasteiger partial charge in [-0.1, -0.05) is 36.4 Å². The molecule has 0 bridgehead atoms. The van der Waals surface area contributed by atoms with E-state index in [2.05, 4.69) is 53.4 Å². The highest BCUT2D eigenvalue weighted by atomic mass is 16.5. The number of para-hydroxylation sites is 2. The molecule has 0 radical (unpaired) electrons. The lowest BCUT2D eigenvalue weighted by Crippen LogP contribution is -2.35. The lowest BCUT2D eigenvalue weighted by atomic mass is 9.89. The van der Waals surface area contributed by atoms with E-state index < -0.39 is 5.97 Å². The monoisotopic (exact) mass is 448 g/mol. The number of hydrogen-bond donors (Lipinski definition) is 1. The van der Waals surface area contributed by atoms with E-state index in [-0.39, 0.29) is 11.8 Å². The van der Waals surface area contributed by atoms with Gasteiger partial charge in [-0.25, -0.2) is 4.79 Å². The lowest BCUT2D eigenvalue weighted by molar-refractivity contribution is 0.0382. The molecule has 1 unspecified atom stereocenters. The van der Waals surface area contributed by atoms with Gasteiger partial charge in [-0.2, -0.15) is 0 Å². The third-order valence-corrected chi connectivity index (χ3v) is 6.43. The summed E-state index contributed by atoms with van der Waals surface area (Å²) in [7, 11) is 0. The number of rotatable bonds is 10. The number of nitrogens with zero attached hydrogens (tertiary/aromatic N) is 2. The van der Waals surface area contributed by atoms with Gasteiger partial charge in [0.15, 0.2) is 0 Å². The molecule has 6 heteroatoms. The zero-order valence-corrected chi connectivity index (χ0v) is 19.2. The molecule has 0 amide bonds. The Hall–Kier alpha value is -3.09. The van der Waals surface area contributed by atoms with E-state index in [1.807, 2.05) is 0 Å². The van der Waals surface area contributed by atoms with Crippen molar-refractivity contribution in [3.63, 3.8) is 0 Å². The molecule has 2 aromatic carbocycles. The van der Waals surface area contributed by atoms with Crippen LogP contribution < -0.4 is 4.74 Å². The number of hydrogen-bond acceptors (Lipinski definition) is 4. The first kappa shape index (κ1) is 23.1. The van der Waals surface area contributed by atoms with Gasteiger partial charge in [0, 0.05) is 18.1 Å². The Labute approximate surface area is 195 Å². The highest BCUT2D eigenvalue weighted by molar-refractivity contribution is 5.90. The van der Waals surface area contributed by atoms with Crippen LogP contribution in [0.15, 0.2) is 67.4 Å². The molecule has 1 fully saturated rings. The second-order valence-corrected chi connectivity index (χ2v) is 8.50. The number of ether oxygens (including phenoxy) is 2. The van der Waals surface area contributed by atoms with Crippen molar-refractivity contribution in [3.05, 3.63) is 78.5 Å². The van der Waals surface area contributed by atoms with Crippen molar-refractivity contribution in [3.8, 4) is 5.75 Å². The van der Waals surface area contributed by atoms with E-state index in [4.69, 9.17) is 9.47 Å². The number of fused-ring (bicyclic) bond motifs is 1. The van der Waals surface area contributed by atoms with Crippen LogP contribution in [0, 0.1) is 0 Å². The minimum Gasteiger partial charge on any atom is -0.491 e. The summed E-state index contributed by atoms with van der Waals surface area (Å²) in [6, 6.07) is 15.3. The van der Waals surface area contributed by atoms with E-state index in [1.54, 1.807) is 30.3 Å². The van der Waals surface area contributed by atoms with Crippen molar-refractivity contribution < 1.29 is 19.4 Å². The summed E-state index contributed by atoms with van der Waals surface area (Å²) >= 11 is 0. The molecular formula is C27H32N2O4. The minimum atomic E-state index is -0.963. The summed E-state index contributed by atoms with van der Waals surface area (Å²) in [5.74, 6) is -0.0251. The van der Waals surface area contributed by atoms with Crippen LogP contribution in [-0.4, -0.2) is 53.4 Å². The van der Waals surface area contributed by atoms with E-state index in [1.165, 1.54) is 16.5 Å². The highest BCUT2D eigenvalue weighted by Gasteiger charge is 2.24.